The Morgan fingerprint density at radius 2 is 2.12 bits per heavy atom. The van der Waals surface area contributed by atoms with Gasteiger partial charge in [0.05, 0.1) is 17.1 Å². The maximum Gasteiger partial charge on any atom is 0.155 e. The van der Waals surface area contributed by atoms with Crippen LogP contribution in [-0.2, 0) is 15.6 Å². The quantitative estimate of drug-likeness (QED) is 0.836. The molecule has 0 aliphatic carbocycles. The zero-order chi connectivity index (χ0) is 12.2. The SMILES string of the molecule is N#Cc1cc(CS(=O)(=O)CCN)ccc1F. The number of hydrogen-bond donors (Lipinski definition) is 1. The Kier molecular flexibility index (Phi) is 3.99. The highest BCUT2D eigenvalue weighted by atomic mass is 32.2. The highest BCUT2D eigenvalue weighted by molar-refractivity contribution is 7.90. The smallest absolute Gasteiger partial charge is 0.155 e. The number of halogens is 1. The highest BCUT2D eigenvalue weighted by Gasteiger charge is 2.12. The van der Waals surface area contributed by atoms with E-state index in [0.717, 1.165) is 6.07 Å². The molecule has 0 aliphatic rings. The molecule has 0 bridgehead atoms. The minimum Gasteiger partial charge on any atom is -0.329 e. The van der Waals surface area contributed by atoms with Crippen LogP contribution in [0.15, 0.2) is 18.2 Å². The summed E-state index contributed by atoms with van der Waals surface area (Å²) in [6.45, 7) is 0.0502. The van der Waals surface area contributed by atoms with E-state index in [1.54, 1.807) is 6.07 Å². The third-order valence-corrected chi connectivity index (χ3v) is 3.60. The van der Waals surface area contributed by atoms with Gasteiger partial charge in [-0.2, -0.15) is 5.26 Å². The van der Waals surface area contributed by atoms with Gasteiger partial charge in [-0.05, 0) is 17.7 Å². The predicted molar refractivity (Wildman–Crippen MR) is 57.7 cm³/mol. The number of nitriles is 1. The lowest BCUT2D eigenvalue weighted by molar-refractivity contribution is 0.594. The van der Waals surface area contributed by atoms with E-state index in [1.807, 2.05) is 0 Å². The van der Waals surface area contributed by atoms with Crippen molar-refractivity contribution in [2.24, 2.45) is 5.73 Å². The third kappa shape index (κ3) is 3.29. The summed E-state index contributed by atoms with van der Waals surface area (Å²) in [7, 11) is -3.28. The van der Waals surface area contributed by atoms with E-state index >= 15 is 0 Å². The summed E-state index contributed by atoms with van der Waals surface area (Å²) < 4.78 is 35.8. The number of sulfone groups is 1. The van der Waals surface area contributed by atoms with Crippen LogP contribution in [0.25, 0.3) is 0 Å². The van der Waals surface area contributed by atoms with Gasteiger partial charge < -0.3 is 5.73 Å². The van der Waals surface area contributed by atoms with Gasteiger partial charge in [0.15, 0.2) is 9.84 Å². The second kappa shape index (κ2) is 5.05. The van der Waals surface area contributed by atoms with E-state index in [0.29, 0.717) is 5.56 Å². The number of benzene rings is 1. The largest absolute Gasteiger partial charge is 0.329 e. The fourth-order valence-corrected chi connectivity index (χ4v) is 2.44. The molecule has 0 aromatic heterocycles. The summed E-state index contributed by atoms with van der Waals surface area (Å²) >= 11 is 0. The third-order valence-electron chi connectivity index (χ3n) is 1.97. The summed E-state index contributed by atoms with van der Waals surface area (Å²) in [6, 6.07) is 5.34. The summed E-state index contributed by atoms with van der Waals surface area (Å²) in [4.78, 5) is 0. The first-order valence-electron chi connectivity index (χ1n) is 4.57. The van der Waals surface area contributed by atoms with Crippen LogP contribution in [0.3, 0.4) is 0 Å². The lowest BCUT2D eigenvalue weighted by Crippen LogP contribution is -2.17. The monoisotopic (exact) mass is 242 g/mol. The Bertz CT molecular complexity index is 520. The number of nitrogens with two attached hydrogens (primary N) is 1. The van der Waals surface area contributed by atoms with Crippen molar-refractivity contribution in [3.05, 3.63) is 35.1 Å². The van der Waals surface area contributed by atoms with E-state index in [1.165, 1.54) is 12.1 Å². The molecule has 86 valence electrons. The molecular formula is C10H11FN2O2S. The van der Waals surface area contributed by atoms with Crippen molar-refractivity contribution >= 4 is 9.84 Å². The minimum absolute atomic E-state index is 0.0502. The zero-order valence-electron chi connectivity index (χ0n) is 8.48. The van der Waals surface area contributed by atoms with Crippen molar-refractivity contribution < 1.29 is 12.8 Å². The summed E-state index contributed by atoms with van der Waals surface area (Å²) in [5.41, 5.74) is 5.40. The van der Waals surface area contributed by atoms with E-state index < -0.39 is 15.7 Å². The fourth-order valence-electron chi connectivity index (χ4n) is 1.25. The molecule has 0 amide bonds. The second-order valence-corrected chi connectivity index (χ2v) is 5.49. The molecule has 1 rings (SSSR count). The Morgan fingerprint density at radius 3 is 2.69 bits per heavy atom. The second-order valence-electron chi connectivity index (χ2n) is 3.31. The first-order chi connectivity index (χ1) is 7.48. The average molecular weight is 242 g/mol. The predicted octanol–water partition coefficient (Wildman–Crippen LogP) is 0.571. The molecule has 4 nitrogen and oxygen atoms in total. The van der Waals surface area contributed by atoms with Gasteiger partial charge in [-0.3, -0.25) is 0 Å². The van der Waals surface area contributed by atoms with Gasteiger partial charge in [0, 0.05) is 6.54 Å². The van der Waals surface area contributed by atoms with Crippen molar-refractivity contribution in [1.29, 1.82) is 5.26 Å². The molecule has 6 heteroatoms. The Labute approximate surface area is 93.4 Å². The molecular weight excluding hydrogens is 231 g/mol. The van der Waals surface area contributed by atoms with Gasteiger partial charge in [-0.15, -0.1) is 0 Å². The van der Waals surface area contributed by atoms with Crippen LogP contribution in [0.5, 0.6) is 0 Å². The molecule has 0 fully saturated rings. The summed E-state index contributed by atoms with van der Waals surface area (Å²) in [5, 5.41) is 8.59. The van der Waals surface area contributed by atoms with Crippen molar-refractivity contribution in [1.82, 2.24) is 0 Å². The van der Waals surface area contributed by atoms with E-state index in [-0.39, 0.29) is 23.6 Å². The maximum absolute atomic E-state index is 13.0. The number of nitrogens with zero attached hydrogens (tertiary/aromatic N) is 1. The zero-order valence-corrected chi connectivity index (χ0v) is 9.30. The molecule has 2 N–H and O–H groups in total. The van der Waals surface area contributed by atoms with Gasteiger partial charge in [0.25, 0.3) is 0 Å². The van der Waals surface area contributed by atoms with Crippen LogP contribution in [0.2, 0.25) is 0 Å². The van der Waals surface area contributed by atoms with Crippen LogP contribution >= 0.6 is 0 Å². The van der Waals surface area contributed by atoms with Gasteiger partial charge in [-0.25, -0.2) is 12.8 Å². The van der Waals surface area contributed by atoms with Crippen LogP contribution in [0.4, 0.5) is 4.39 Å². The van der Waals surface area contributed by atoms with Gasteiger partial charge in [0.1, 0.15) is 11.9 Å². The summed E-state index contributed by atoms with van der Waals surface area (Å²) in [5.74, 6) is -0.992. The molecule has 0 aliphatic heterocycles. The fraction of sp³-hybridized carbons (Fsp3) is 0.300. The highest BCUT2D eigenvalue weighted by Crippen LogP contribution is 2.12. The van der Waals surface area contributed by atoms with Crippen LogP contribution in [0.1, 0.15) is 11.1 Å². The van der Waals surface area contributed by atoms with Crippen LogP contribution in [-0.4, -0.2) is 20.7 Å². The molecule has 0 radical (unpaired) electrons. The lowest BCUT2D eigenvalue weighted by Gasteiger charge is -2.03. The minimum atomic E-state index is -3.28. The standard InChI is InChI=1S/C10H11FN2O2S/c11-10-2-1-8(5-9(10)6-13)7-16(14,15)4-3-12/h1-2,5H,3-4,7,12H2. The van der Waals surface area contributed by atoms with Crippen molar-refractivity contribution in [3.63, 3.8) is 0 Å². The van der Waals surface area contributed by atoms with E-state index in [4.69, 9.17) is 11.0 Å². The first kappa shape index (κ1) is 12.6. The van der Waals surface area contributed by atoms with Crippen molar-refractivity contribution in [2.75, 3.05) is 12.3 Å². The van der Waals surface area contributed by atoms with Crippen molar-refractivity contribution in [3.8, 4) is 6.07 Å². The molecule has 0 saturated carbocycles. The van der Waals surface area contributed by atoms with E-state index in [2.05, 4.69) is 0 Å². The molecule has 0 spiro atoms. The number of rotatable bonds is 4. The molecule has 1 aromatic rings. The van der Waals surface area contributed by atoms with Gasteiger partial charge >= 0.3 is 0 Å². The Morgan fingerprint density at radius 1 is 1.44 bits per heavy atom. The van der Waals surface area contributed by atoms with E-state index in [9.17, 15) is 12.8 Å². The maximum atomic E-state index is 13.0. The molecule has 0 heterocycles. The number of hydrogen-bond acceptors (Lipinski definition) is 4. The molecule has 0 atom stereocenters. The van der Waals surface area contributed by atoms with Crippen LogP contribution < -0.4 is 5.73 Å². The summed E-state index contributed by atoms with van der Waals surface area (Å²) in [6.07, 6.45) is 0. The first-order valence-corrected chi connectivity index (χ1v) is 6.39. The molecule has 0 saturated heterocycles. The van der Waals surface area contributed by atoms with Gasteiger partial charge in [0.2, 0.25) is 0 Å². The Hall–Kier alpha value is -1.45. The molecule has 1 aromatic carbocycles. The lowest BCUT2D eigenvalue weighted by atomic mass is 10.1. The topological polar surface area (TPSA) is 84.0 Å². The average Bonchev–Trinajstić information content (AvgIpc) is 2.20. The van der Waals surface area contributed by atoms with Crippen molar-refractivity contribution in [2.45, 2.75) is 5.75 Å². The normalized spacial score (nSPS) is 11.1. The Balaban J connectivity index is 2.96. The van der Waals surface area contributed by atoms with Crippen LogP contribution in [0, 0.1) is 17.1 Å². The molecule has 0 unspecified atom stereocenters. The molecule has 16 heavy (non-hydrogen) atoms. The van der Waals surface area contributed by atoms with Gasteiger partial charge in [-0.1, -0.05) is 6.07 Å².